The van der Waals surface area contributed by atoms with E-state index in [1.165, 1.54) is 4.90 Å². The number of amides is 2. The summed E-state index contributed by atoms with van der Waals surface area (Å²) in [6.45, 7) is 5.28. The molecule has 0 heterocycles. The van der Waals surface area contributed by atoms with Gasteiger partial charge in [0.1, 0.15) is 12.1 Å². The molecule has 0 aliphatic carbocycles. The highest BCUT2D eigenvalue weighted by molar-refractivity contribution is 5.80. The molecular formula is C14H21N3O3. The van der Waals surface area contributed by atoms with Crippen molar-refractivity contribution in [2.24, 2.45) is 5.73 Å². The fourth-order valence-corrected chi connectivity index (χ4v) is 1.61. The van der Waals surface area contributed by atoms with Crippen LogP contribution < -0.4 is 11.5 Å². The van der Waals surface area contributed by atoms with Gasteiger partial charge in [0.2, 0.25) is 5.91 Å². The highest BCUT2D eigenvalue weighted by Crippen LogP contribution is 2.14. The van der Waals surface area contributed by atoms with Crippen LogP contribution in [0.2, 0.25) is 0 Å². The first kappa shape index (κ1) is 15.8. The van der Waals surface area contributed by atoms with E-state index in [2.05, 4.69) is 0 Å². The number of nitrogens with zero attached hydrogens (tertiary/aromatic N) is 1. The molecule has 0 fully saturated rings. The predicted molar refractivity (Wildman–Crippen MR) is 76.7 cm³/mol. The summed E-state index contributed by atoms with van der Waals surface area (Å²) in [5.74, 6) is -0.597. The van der Waals surface area contributed by atoms with Crippen molar-refractivity contribution in [2.75, 3.05) is 12.3 Å². The zero-order valence-electron chi connectivity index (χ0n) is 12.1. The van der Waals surface area contributed by atoms with Crippen LogP contribution in [0.15, 0.2) is 24.3 Å². The van der Waals surface area contributed by atoms with Gasteiger partial charge in [0, 0.05) is 12.2 Å². The number of nitrogen functional groups attached to an aromatic ring is 1. The van der Waals surface area contributed by atoms with Crippen LogP contribution in [0, 0.1) is 0 Å². The average molecular weight is 279 g/mol. The predicted octanol–water partition coefficient (Wildman–Crippen LogP) is 1.49. The first-order valence-electron chi connectivity index (χ1n) is 6.28. The van der Waals surface area contributed by atoms with Crippen molar-refractivity contribution in [2.45, 2.75) is 32.9 Å². The molecule has 0 radical (unpaired) electrons. The molecule has 0 spiro atoms. The average Bonchev–Trinajstić information content (AvgIpc) is 2.25. The third-order valence-corrected chi connectivity index (χ3v) is 2.32. The zero-order valence-corrected chi connectivity index (χ0v) is 12.1. The molecule has 0 atom stereocenters. The molecule has 0 saturated carbocycles. The third kappa shape index (κ3) is 5.60. The molecule has 0 aliphatic heterocycles. The minimum absolute atomic E-state index is 0.205. The van der Waals surface area contributed by atoms with Gasteiger partial charge in [-0.3, -0.25) is 9.69 Å². The molecule has 0 saturated heterocycles. The van der Waals surface area contributed by atoms with Gasteiger partial charge in [0.15, 0.2) is 0 Å². The molecule has 110 valence electrons. The van der Waals surface area contributed by atoms with Crippen LogP contribution in [0.5, 0.6) is 0 Å². The van der Waals surface area contributed by atoms with Crippen molar-refractivity contribution in [1.82, 2.24) is 4.90 Å². The number of nitrogens with two attached hydrogens (primary N) is 2. The number of carbonyl (C=O) groups is 2. The maximum absolute atomic E-state index is 12.0. The van der Waals surface area contributed by atoms with Gasteiger partial charge in [-0.05, 0) is 38.5 Å². The summed E-state index contributed by atoms with van der Waals surface area (Å²) in [4.78, 5) is 24.4. The highest BCUT2D eigenvalue weighted by atomic mass is 16.6. The van der Waals surface area contributed by atoms with E-state index in [9.17, 15) is 9.59 Å². The van der Waals surface area contributed by atoms with Crippen molar-refractivity contribution in [3.63, 3.8) is 0 Å². The van der Waals surface area contributed by atoms with Crippen LogP contribution in [0.3, 0.4) is 0 Å². The summed E-state index contributed by atoms with van der Waals surface area (Å²) in [5.41, 5.74) is 11.6. The Bertz CT molecular complexity index is 495. The minimum Gasteiger partial charge on any atom is -0.444 e. The van der Waals surface area contributed by atoms with Crippen LogP contribution in [-0.4, -0.2) is 29.0 Å². The van der Waals surface area contributed by atoms with Crippen LogP contribution >= 0.6 is 0 Å². The minimum atomic E-state index is -0.636. The highest BCUT2D eigenvalue weighted by Gasteiger charge is 2.23. The second kappa shape index (κ2) is 6.27. The molecule has 1 aromatic carbocycles. The first-order valence-corrected chi connectivity index (χ1v) is 6.28. The van der Waals surface area contributed by atoms with Crippen molar-refractivity contribution < 1.29 is 14.3 Å². The van der Waals surface area contributed by atoms with E-state index in [-0.39, 0.29) is 13.1 Å². The van der Waals surface area contributed by atoms with Gasteiger partial charge in [-0.15, -0.1) is 0 Å². The third-order valence-electron chi connectivity index (χ3n) is 2.32. The molecule has 0 bridgehead atoms. The van der Waals surface area contributed by atoms with Gasteiger partial charge in [0.25, 0.3) is 0 Å². The number of carbonyl (C=O) groups excluding carboxylic acids is 2. The van der Waals surface area contributed by atoms with Gasteiger partial charge in [-0.1, -0.05) is 12.1 Å². The molecule has 6 heteroatoms. The van der Waals surface area contributed by atoms with Crippen molar-refractivity contribution in [3.05, 3.63) is 29.8 Å². The molecule has 20 heavy (non-hydrogen) atoms. The first-order chi connectivity index (χ1) is 9.17. The monoisotopic (exact) mass is 279 g/mol. The van der Waals surface area contributed by atoms with Crippen LogP contribution in [0.25, 0.3) is 0 Å². The summed E-state index contributed by atoms with van der Waals surface area (Å²) < 4.78 is 5.25. The van der Waals surface area contributed by atoms with E-state index < -0.39 is 17.6 Å². The Hall–Kier alpha value is -2.24. The van der Waals surface area contributed by atoms with E-state index in [4.69, 9.17) is 16.2 Å². The molecule has 1 aromatic rings. The Kier molecular flexibility index (Phi) is 4.96. The topological polar surface area (TPSA) is 98.6 Å². The molecule has 0 aliphatic rings. The van der Waals surface area contributed by atoms with Gasteiger partial charge < -0.3 is 16.2 Å². The van der Waals surface area contributed by atoms with E-state index in [0.29, 0.717) is 5.69 Å². The quantitative estimate of drug-likeness (QED) is 0.816. The number of benzene rings is 1. The van der Waals surface area contributed by atoms with Crippen molar-refractivity contribution >= 4 is 17.7 Å². The summed E-state index contributed by atoms with van der Waals surface area (Å²) in [5, 5.41) is 0. The summed E-state index contributed by atoms with van der Waals surface area (Å²) in [6.07, 6.45) is -0.585. The molecular weight excluding hydrogens is 258 g/mol. The van der Waals surface area contributed by atoms with Gasteiger partial charge in [0.05, 0.1) is 0 Å². The largest absolute Gasteiger partial charge is 0.444 e. The lowest BCUT2D eigenvalue weighted by Gasteiger charge is -2.26. The summed E-state index contributed by atoms with van der Waals surface area (Å²) >= 11 is 0. The zero-order chi connectivity index (χ0) is 15.3. The number of ether oxygens (including phenoxy) is 1. The molecule has 0 unspecified atom stereocenters. The molecule has 1 rings (SSSR count). The van der Waals surface area contributed by atoms with E-state index in [0.717, 1.165) is 5.56 Å². The lowest BCUT2D eigenvalue weighted by atomic mass is 10.2. The van der Waals surface area contributed by atoms with E-state index in [1.54, 1.807) is 39.0 Å². The summed E-state index contributed by atoms with van der Waals surface area (Å²) in [6, 6.07) is 7.07. The Labute approximate surface area is 118 Å². The van der Waals surface area contributed by atoms with E-state index in [1.807, 2.05) is 6.07 Å². The fraction of sp³-hybridized carbons (Fsp3) is 0.429. The van der Waals surface area contributed by atoms with Crippen LogP contribution in [0.4, 0.5) is 10.5 Å². The summed E-state index contributed by atoms with van der Waals surface area (Å²) in [7, 11) is 0. The standard InChI is InChI=1S/C14H21N3O3/c1-14(2,3)20-13(19)17(9-12(16)18)8-10-5-4-6-11(15)7-10/h4-7H,8-9,15H2,1-3H3,(H2,16,18). The van der Waals surface area contributed by atoms with Crippen molar-refractivity contribution in [1.29, 1.82) is 0 Å². The molecule has 6 nitrogen and oxygen atoms in total. The Morgan fingerprint density at radius 3 is 2.45 bits per heavy atom. The Morgan fingerprint density at radius 1 is 1.30 bits per heavy atom. The second-order valence-corrected chi connectivity index (χ2v) is 5.55. The number of primary amides is 1. The SMILES string of the molecule is CC(C)(C)OC(=O)N(CC(N)=O)Cc1cccc(N)c1. The fourth-order valence-electron chi connectivity index (χ4n) is 1.61. The van der Waals surface area contributed by atoms with Crippen LogP contribution in [-0.2, 0) is 16.1 Å². The maximum atomic E-state index is 12.0. The Balaban J connectivity index is 2.84. The second-order valence-electron chi connectivity index (χ2n) is 5.55. The molecule has 4 N–H and O–H groups in total. The van der Waals surface area contributed by atoms with Crippen LogP contribution in [0.1, 0.15) is 26.3 Å². The molecule has 2 amide bonds. The Morgan fingerprint density at radius 2 is 1.95 bits per heavy atom. The van der Waals surface area contributed by atoms with Gasteiger partial charge in [-0.25, -0.2) is 4.79 Å². The normalized spacial score (nSPS) is 10.9. The number of hydrogen-bond donors (Lipinski definition) is 2. The number of hydrogen-bond acceptors (Lipinski definition) is 4. The van der Waals surface area contributed by atoms with Crippen molar-refractivity contribution in [3.8, 4) is 0 Å². The smallest absolute Gasteiger partial charge is 0.411 e. The number of rotatable bonds is 4. The number of anilines is 1. The lowest BCUT2D eigenvalue weighted by molar-refractivity contribution is -0.119. The molecule has 0 aromatic heterocycles. The maximum Gasteiger partial charge on any atom is 0.411 e. The van der Waals surface area contributed by atoms with Gasteiger partial charge in [-0.2, -0.15) is 0 Å². The lowest BCUT2D eigenvalue weighted by Crippen LogP contribution is -2.41. The van der Waals surface area contributed by atoms with Gasteiger partial charge >= 0.3 is 6.09 Å². The van der Waals surface area contributed by atoms with E-state index >= 15 is 0 Å².